The molecule has 2 aromatic heterocycles. The smallest absolute Gasteiger partial charge is 0.193 e. The Kier molecular flexibility index (Phi) is 5.92. The Bertz CT molecular complexity index is 2400. The largest absolute Gasteiger partial charge is 0.308 e. The highest BCUT2D eigenvalue weighted by Crippen LogP contribution is 2.61. The van der Waals surface area contributed by atoms with Crippen molar-refractivity contribution in [1.29, 1.82) is 0 Å². The van der Waals surface area contributed by atoms with E-state index in [0.717, 1.165) is 33.9 Å². The summed E-state index contributed by atoms with van der Waals surface area (Å²) in [5, 5.41) is 0. The number of anilines is 6. The monoisotopic (exact) mass is 678 g/mol. The molecule has 0 amide bonds. The molecule has 5 nitrogen and oxygen atoms in total. The number of rotatable bonds is 2. The zero-order chi connectivity index (χ0) is 36.1. The Hall–Kier alpha value is -5.55. The molecular weight excluding hydrogens is 637 g/mol. The van der Waals surface area contributed by atoms with Crippen molar-refractivity contribution < 1.29 is 4.79 Å². The van der Waals surface area contributed by atoms with Gasteiger partial charge in [0.25, 0.3) is 0 Å². The predicted molar refractivity (Wildman–Crippen MR) is 210 cm³/mol. The number of hydrogen-bond donors (Lipinski definition) is 0. The van der Waals surface area contributed by atoms with Crippen LogP contribution in [0.15, 0.2) is 110 Å². The second-order valence-electron chi connectivity index (χ2n) is 17.2. The lowest BCUT2D eigenvalue weighted by Gasteiger charge is -2.49. The summed E-state index contributed by atoms with van der Waals surface area (Å²) < 4.78 is 0. The van der Waals surface area contributed by atoms with Gasteiger partial charge in [-0.1, -0.05) is 91.8 Å². The fourth-order valence-corrected chi connectivity index (χ4v) is 10.0. The molecule has 0 bridgehead atoms. The molecule has 10 rings (SSSR count). The van der Waals surface area contributed by atoms with Crippen LogP contribution in [-0.4, -0.2) is 15.8 Å². The van der Waals surface area contributed by atoms with Gasteiger partial charge in [0.05, 0.1) is 46.5 Å². The van der Waals surface area contributed by atoms with Crippen LogP contribution in [0.3, 0.4) is 0 Å². The first-order valence-corrected chi connectivity index (χ1v) is 18.4. The van der Waals surface area contributed by atoms with E-state index in [1.165, 1.54) is 44.8 Å². The van der Waals surface area contributed by atoms with Crippen molar-refractivity contribution in [3.8, 4) is 0 Å². The van der Waals surface area contributed by atoms with Gasteiger partial charge < -0.3 is 9.80 Å². The van der Waals surface area contributed by atoms with Gasteiger partial charge in [0.2, 0.25) is 0 Å². The molecule has 6 heterocycles. The minimum atomic E-state index is -0.327. The van der Waals surface area contributed by atoms with E-state index in [9.17, 15) is 4.79 Å². The number of fused-ring (bicyclic) bond motifs is 8. The van der Waals surface area contributed by atoms with Gasteiger partial charge in [0.1, 0.15) is 0 Å². The van der Waals surface area contributed by atoms with Gasteiger partial charge in [-0.3, -0.25) is 14.8 Å². The SMILES string of the molecule is CC1(C)c2ccncc2N2c3ccc(C(=O)c4ccc5c(c4)C(C)(C)c4cccc6c4N5c4cnccc4C6(C)C)cc3C(C)(C)c3cccc1c32. The van der Waals surface area contributed by atoms with E-state index in [4.69, 9.17) is 0 Å². The summed E-state index contributed by atoms with van der Waals surface area (Å²) in [4.78, 5) is 28.6. The molecular formula is C47H42N4O. The lowest BCUT2D eigenvalue weighted by atomic mass is 9.66. The molecule has 6 aromatic rings. The summed E-state index contributed by atoms with van der Waals surface area (Å²) >= 11 is 0. The van der Waals surface area contributed by atoms with Crippen LogP contribution in [0.4, 0.5) is 34.1 Å². The van der Waals surface area contributed by atoms with E-state index in [1.54, 1.807) is 0 Å². The third-order valence-corrected chi connectivity index (χ3v) is 13.0. The van der Waals surface area contributed by atoms with Crippen LogP contribution in [0.5, 0.6) is 0 Å². The summed E-state index contributed by atoms with van der Waals surface area (Å²) in [5.74, 6) is 0.0278. The highest BCUT2D eigenvalue weighted by Gasteiger charge is 2.47. The highest BCUT2D eigenvalue weighted by molar-refractivity contribution is 6.10. The molecule has 0 saturated heterocycles. The lowest BCUT2D eigenvalue weighted by molar-refractivity contribution is 0.103. The van der Waals surface area contributed by atoms with Crippen molar-refractivity contribution in [3.05, 3.63) is 165 Å². The zero-order valence-electron chi connectivity index (χ0n) is 31.1. The molecule has 0 saturated carbocycles. The van der Waals surface area contributed by atoms with Crippen molar-refractivity contribution in [1.82, 2.24) is 9.97 Å². The Labute approximate surface area is 306 Å². The molecule has 4 aliphatic rings. The molecule has 0 spiro atoms. The van der Waals surface area contributed by atoms with E-state index in [0.29, 0.717) is 11.1 Å². The Morgan fingerprint density at radius 3 is 1.19 bits per heavy atom. The lowest BCUT2D eigenvalue weighted by Crippen LogP contribution is -2.38. The van der Waals surface area contributed by atoms with Gasteiger partial charge in [-0.2, -0.15) is 0 Å². The van der Waals surface area contributed by atoms with Crippen LogP contribution >= 0.6 is 0 Å². The average Bonchev–Trinajstić information content (AvgIpc) is 3.14. The number of hydrogen-bond acceptors (Lipinski definition) is 5. The van der Waals surface area contributed by atoms with Gasteiger partial charge in [0, 0.05) is 45.2 Å². The second kappa shape index (κ2) is 9.86. The maximum atomic E-state index is 14.7. The number of pyridine rings is 2. The molecule has 0 radical (unpaired) electrons. The fraction of sp³-hybridized carbons (Fsp3) is 0.255. The van der Waals surface area contributed by atoms with E-state index in [1.807, 2.05) is 36.9 Å². The van der Waals surface area contributed by atoms with E-state index in [2.05, 4.69) is 148 Å². The molecule has 0 fully saturated rings. The predicted octanol–water partition coefficient (Wildman–Crippen LogP) is 11.2. The third-order valence-electron chi connectivity index (χ3n) is 13.0. The number of nitrogens with zero attached hydrogens (tertiary/aromatic N) is 4. The molecule has 52 heavy (non-hydrogen) atoms. The van der Waals surface area contributed by atoms with Crippen LogP contribution in [0.25, 0.3) is 0 Å². The van der Waals surface area contributed by atoms with Crippen molar-refractivity contribution in [3.63, 3.8) is 0 Å². The first-order chi connectivity index (χ1) is 24.8. The summed E-state index contributed by atoms with van der Waals surface area (Å²) in [7, 11) is 0. The van der Waals surface area contributed by atoms with Crippen molar-refractivity contribution in [2.24, 2.45) is 0 Å². The van der Waals surface area contributed by atoms with Gasteiger partial charge in [-0.05, 0) is 93.0 Å². The molecule has 256 valence electrons. The Morgan fingerprint density at radius 1 is 0.442 bits per heavy atom. The van der Waals surface area contributed by atoms with Crippen LogP contribution in [0.1, 0.15) is 116 Å². The van der Waals surface area contributed by atoms with Gasteiger partial charge >= 0.3 is 0 Å². The molecule has 4 aliphatic heterocycles. The maximum absolute atomic E-state index is 14.7. The molecule has 5 heteroatoms. The zero-order valence-corrected chi connectivity index (χ0v) is 31.1. The normalized spacial score (nSPS) is 18.2. The summed E-state index contributed by atoms with van der Waals surface area (Å²) in [6.45, 7) is 18.4. The Balaban J connectivity index is 1.11. The molecule has 0 N–H and O–H groups in total. The number of ketones is 1. The molecule has 0 atom stereocenters. The maximum Gasteiger partial charge on any atom is 0.193 e. The van der Waals surface area contributed by atoms with Crippen LogP contribution in [0, 0.1) is 0 Å². The molecule has 0 aliphatic carbocycles. The average molecular weight is 679 g/mol. The highest BCUT2D eigenvalue weighted by atomic mass is 16.1. The second-order valence-corrected chi connectivity index (χ2v) is 17.2. The number of benzene rings is 4. The molecule has 0 unspecified atom stereocenters. The molecule has 4 aromatic carbocycles. The minimum Gasteiger partial charge on any atom is -0.308 e. The van der Waals surface area contributed by atoms with Gasteiger partial charge in [-0.15, -0.1) is 0 Å². The van der Waals surface area contributed by atoms with Crippen molar-refractivity contribution in [2.45, 2.75) is 77.0 Å². The topological polar surface area (TPSA) is 49.3 Å². The first kappa shape index (κ1) is 31.2. The van der Waals surface area contributed by atoms with E-state index >= 15 is 0 Å². The summed E-state index contributed by atoms with van der Waals surface area (Å²) in [5.41, 5.74) is 17.2. The van der Waals surface area contributed by atoms with Crippen LogP contribution in [0.2, 0.25) is 0 Å². The van der Waals surface area contributed by atoms with Crippen LogP contribution in [-0.2, 0) is 21.7 Å². The fourth-order valence-electron chi connectivity index (χ4n) is 10.0. The summed E-state index contributed by atoms with van der Waals surface area (Å²) in [6.07, 6.45) is 7.77. The minimum absolute atomic E-state index is 0.0278. The number of carbonyl (C=O) groups excluding carboxylic acids is 1. The number of aromatic nitrogens is 2. The van der Waals surface area contributed by atoms with Gasteiger partial charge in [0.15, 0.2) is 5.78 Å². The van der Waals surface area contributed by atoms with Gasteiger partial charge in [-0.25, -0.2) is 0 Å². The summed E-state index contributed by atoms with van der Waals surface area (Å²) in [6, 6.07) is 30.4. The Morgan fingerprint density at radius 2 is 0.808 bits per heavy atom. The number of carbonyl (C=O) groups is 1. The third kappa shape index (κ3) is 3.71. The number of para-hydroxylation sites is 2. The van der Waals surface area contributed by atoms with Crippen molar-refractivity contribution in [2.75, 3.05) is 9.80 Å². The first-order valence-electron chi connectivity index (χ1n) is 18.4. The quantitative estimate of drug-likeness (QED) is 0.171. The van der Waals surface area contributed by atoms with Crippen molar-refractivity contribution >= 4 is 39.9 Å². The standard InChI is InChI=1S/C47H42N4O/c1-44(2)29-19-21-48-25-39(29)50-37-17-15-27(23-35(37)46(5,6)33-13-9-11-31(44)41(33)50)43(52)28-16-18-38-36(24-28)47(7,8)34-14-10-12-32-42(34)51(38)40-26-49-22-20-30(40)45(32,3)4/h9-26H,1-8H3. The van der Waals surface area contributed by atoms with E-state index in [-0.39, 0.29) is 27.4 Å². The van der Waals surface area contributed by atoms with Crippen LogP contribution < -0.4 is 9.80 Å². The van der Waals surface area contributed by atoms with E-state index < -0.39 is 0 Å².